The van der Waals surface area contributed by atoms with E-state index in [2.05, 4.69) is 9.97 Å². The molecule has 114 valence electrons. The molecule has 0 aliphatic carbocycles. The van der Waals surface area contributed by atoms with Crippen LogP contribution in [0, 0.1) is 0 Å². The zero-order chi connectivity index (χ0) is 15.9. The SMILES string of the molecule is CC(C)(O)CCn1ccnc1-c1ccncc1Cl.O=CO. The number of carbonyl (C=O) groups is 1. The van der Waals surface area contributed by atoms with Crippen LogP contribution < -0.4 is 0 Å². The molecule has 2 N–H and O–H groups in total. The number of carboxylic acid groups (broad SMARTS) is 1. The van der Waals surface area contributed by atoms with Crippen LogP contribution >= 0.6 is 11.6 Å². The van der Waals surface area contributed by atoms with E-state index >= 15 is 0 Å². The Hall–Kier alpha value is -1.92. The highest BCUT2D eigenvalue weighted by atomic mass is 35.5. The molecule has 0 aromatic carbocycles. The van der Waals surface area contributed by atoms with E-state index in [9.17, 15) is 5.11 Å². The Bertz CT molecular complexity index is 579. The van der Waals surface area contributed by atoms with Gasteiger partial charge in [0, 0.05) is 36.9 Å². The molecule has 2 aromatic heterocycles. The molecule has 2 heterocycles. The van der Waals surface area contributed by atoms with Gasteiger partial charge in [-0.2, -0.15) is 0 Å². The van der Waals surface area contributed by atoms with E-state index in [0.29, 0.717) is 18.0 Å². The predicted octanol–water partition coefficient (Wildman–Crippen LogP) is 2.46. The van der Waals surface area contributed by atoms with Gasteiger partial charge in [0.25, 0.3) is 6.47 Å². The number of halogens is 1. The summed E-state index contributed by atoms with van der Waals surface area (Å²) in [4.78, 5) is 16.6. The third-order valence-electron chi connectivity index (χ3n) is 2.69. The largest absolute Gasteiger partial charge is 0.483 e. The first kappa shape index (κ1) is 17.1. The van der Waals surface area contributed by atoms with Crippen LogP contribution in [0.2, 0.25) is 5.02 Å². The standard InChI is InChI=1S/C13H16ClN3O.CH2O2/c1-13(2,18)4-7-17-8-6-16-12(17)10-3-5-15-9-11(10)14;2-1-3/h3,5-6,8-9,18H,4,7H2,1-2H3;1H,(H,2,3). The molecule has 0 bridgehead atoms. The van der Waals surface area contributed by atoms with Gasteiger partial charge >= 0.3 is 0 Å². The van der Waals surface area contributed by atoms with Crippen molar-refractivity contribution in [1.29, 1.82) is 0 Å². The van der Waals surface area contributed by atoms with E-state index in [-0.39, 0.29) is 6.47 Å². The van der Waals surface area contributed by atoms with Crippen molar-refractivity contribution in [3.63, 3.8) is 0 Å². The number of aryl methyl sites for hydroxylation is 1. The topological polar surface area (TPSA) is 88.2 Å². The van der Waals surface area contributed by atoms with Crippen molar-refractivity contribution in [2.24, 2.45) is 0 Å². The highest BCUT2D eigenvalue weighted by Gasteiger charge is 2.15. The predicted molar refractivity (Wildman–Crippen MR) is 80.1 cm³/mol. The van der Waals surface area contributed by atoms with Crippen LogP contribution in [-0.2, 0) is 11.3 Å². The lowest BCUT2D eigenvalue weighted by atomic mass is 10.1. The van der Waals surface area contributed by atoms with Gasteiger partial charge in [-0.1, -0.05) is 11.6 Å². The zero-order valence-corrected chi connectivity index (χ0v) is 12.7. The van der Waals surface area contributed by atoms with Gasteiger partial charge in [0.2, 0.25) is 0 Å². The molecule has 0 aliphatic heterocycles. The first-order valence-corrected chi connectivity index (χ1v) is 6.68. The van der Waals surface area contributed by atoms with Crippen molar-refractivity contribution in [2.75, 3.05) is 0 Å². The Balaban J connectivity index is 0.000000677. The molecule has 2 rings (SSSR count). The fourth-order valence-corrected chi connectivity index (χ4v) is 1.89. The number of hydrogen-bond acceptors (Lipinski definition) is 4. The van der Waals surface area contributed by atoms with Crippen molar-refractivity contribution in [2.45, 2.75) is 32.4 Å². The summed E-state index contributed by atoms with van der Waals surface area (Å²) in [6, 6.07) is 1.84. The Morgan fingerprint density at radius 1 is 1.43 bits per heavy atom. The molecule has 0 saturated carbocycles. The maximum atomic E-state index is 9.76. The summed E-state index contributed by atoms with van der Waals surface area (Å²) >= 11 is 6.11. The van der Waals surface area contributed by atoms with Crippen LogP contribution in [0.5, 0.6) is 0 Å². The van der Waals surface area contributed by atoms with Gasteiger partial charge in [0.15, 0.2) is 0 Å². The third kappa shape index (κ3) is 5.53. The van der Waals surface area contributed by atoms with Crippen LogP contribution in [0.15, 0.2) is 30.9 Å². The molecule has 0 radical (unpaired) electrons. The quantitative estimate of drug-likeness (QED) is 0.847. The summed E-state index contributed by atoms with van der Waals surface area (Å²) in [6.07, 6.45) is 7.56. The maximum Gasteiger partial charge on any atom is 0.290 e. The van der Waals surface area contributed by atoms with E-state index in [1.165, 1.54) is 0 Å². The molecule has 0 aliphatic rings. The number of pyridine rings is 1. The van der Waals surface area contributed by atoms with Crippen LogP contribution in [-0.4, -0.2) is 36.8 Å². The summed E-state index contributed by atoms with van der Waals surface area (Å²) in [6.45, 7) is 4.03. The fourth-order valence-electron chi connectivity index (χ4n) is 1.68. The number of aliphatic hydroxyl groups is 1. The number of imidazole rings is 1. The third-order valence-corrected chi connectivity index (χ3v) is 2.99. The van der Waals surface area contributed by atoms with Crippen molar-refractivity contribution >= 4 is 18.1 Å². The molecule has 0 fully saturated rings. The second-order valence-corrected chi connectivity index (χ2v) is 5.37. The van der Waals surface area contributed by atoms with Crippen LogP contribution in [0.4, 0.5) is 0 Å². The molecule has 6 nitrogen and oxygen atoms in total. The molecule has 0 spiro atoms. The van der Waals surface area contributed by atoms with Crippen LogP contribution in [0.1, 0.15) is 20.3 Å². The fraction of sp³-hybridized carbons (Fsp3) is 0.357. The molecule has 0 atom stereocenters. The maximum absolute atomic E-state index is 9.76. The van der Waals surface area contributed by atoms with E-state index in [0.717, 1.165) is 11.4 Å². The van der Waals surface area contributed by atoms with E-state index in [1.807, 2.05) is 16.8 Å². The minimum absolute atomic E-state index is 0.250. The van der Waals surface area contributed by atoms with Gasteiger partial charge in [0.05, 0.1) is 10.6 Å². The van der Waals surface area contributed by atoms with Gasteiger partial charge in [0.1, 0.15) is 5.82 Å². The van der Waals surface area contributed by atoms with Gasteiger partial charge in [-0.15, -0.1) is 0 Å². The molecule has 0 saturated heterocycles. The summed E-state index contributed by atoms with van der Waals surface area (Å²) < 4.78 is 1.99. The van der Waals surface area contributed by atoms with Gasteiger partial charge in [-0.25, -0.2) is 4.98 Å². The second-order valence-electron chi connectivity index (χ2n) is 4.97. The Morgan fingerprint density at radius 3 is 2.67 bits per heavy atom. The van der Waals surface area contributed by atoms with Gasteiger partial charge in [-0.3, -0.25) is 9.78 Å². The zero-order valence-electron chi connectivity index (χ0n) is 11.9. The Labute approximate surface area is 128 Å². The monoisotopic (exact) mass is 311 g/mol. The van der Waals surface area contributed by atoms with E-state index in [4.69, 9.17) is 21.5 Å². The minimum Gasteiger partial charge on any atom is -0.483 e. The Kier molecular flexibility index (Phi) is 6.33. The van der Waals surface area contributed by atoms with Crippen LogP contribution in [0.25, 0.3) is 11.4 Å². The number of aromatic nitrogens is 3. The second kappa shape index (κ2) is 7.75. The molecular weight excluding hydrogens is 294 g/mol. The molecule has 0 unspecified atom stereocenters. The molecule has 0 amide bonds. The smallest absolute Gasteiger partial charge is 0.290 e. The lowest BCUT2D eigenvalue weighted by molar-refractivity contribution is -0.122. The number of rotatable bonds is 4. The summed E-state index contributed by atoms with van der Waals surface area (Å²) in [5.41, 5.74) is 0.163. The van der Waals surface area contributed by atoms with Gasteiger partial charge < -0.3 is 14.8 Å². The highest BCUT2D eigenvalue weighted by molar-refractivity contribution is 6.33. The van der Waals surface area contributed by atoms with Crippen molar-refractivity contribution < 1.29 is 15.0 Å². The van der Waals surface area contributed by atoms with E-state index in [1.54, 1.807) is 32.4 Å². The molecule has 21 heavy (non-hydrogen) atoms. The lowest BCUT2D eigenvalue weighted by Gasteiger charge is -2.18. The summed E-state index contributed by atoms with van der Waals surface area (Å²) in [5.74, 6) is 0.798. The van der Waals surface area contributed by atoms with Crippen LogP contribution in [0.3, 0.4) is 0 Å². The lowest BCUT2D eigenvalue weighted by Crippen LogP contribution is -2.21. The number of hydrogen-bond donors (Lipinski definition) is 2. The summed E-state index contributed by atoms with van der Waals surface area (Å²) in [7, 11) is 0. The Morgan fingerprint density at radius 2 is 2.10 bits per heavy atom. The van der Waals surface area contributed by atoms with Crippen molar-refractivity contribution in [3.8, 4) is 11.4 Å². The average molecular weight is 312 g/mol. The highest BCUT2D eigenvalue weighted by Crippen LogP contribution is 2.25. The number of nitrogens with zero attached hydrogens (tertiary/aromatic N) is 3. The van der Waals surface area contributed by atoms with Gasteiger partial charge in [-0.05, 0) is 26.3 Å². The summed E-state index contributed by atoms with van der Waals surface area (Å²) in [5, 5.41) is 17.2. The normalized spacial score (nSPS) is 10.7. The molecule has 2 aromatic rings. The van der Waals surface area contributed by atoms with Crippen molar-refractivity contribution in [3.05, 3.63) is 35.9 Å². The molecule has 7 heteroatoms. The van der Waals surface area contributed by atoms with E-state index < -0.39 is 5.60 Å². The molecular formula is C14H18ClN3O3. The average Bonchev–Trinajstić information content (AvgIpc) is 2.85. The van der Waals surface area contributed by atoms with Crippen molar-refractivity contribution in [1.82, 2.24) is 14.5 Å². The minimum atomic E-state index is -0.691. The first-order valence-electron chi connectivity index (χ1n) is 6.30. The first-order chi connectivity index (χ1) is 9.89.